The van der Waals surface area contributed by atoms with Crippen LogP contribution in [0, 0.1) is 0 Å². The molecule has 4 heteroatoms. The highest BCUT2D eigenvalue weighted by Gasteiger charge is 2.39. The van der Waals surface area contributed by atoms with Gasteiger partial charge in [-0.2, -0.15) is 0 Å². The highest BCUT2D eigenvalue weighted by molar-refractivity contribution is 6.05. The van der Waals surface area contributed by atoms with Crippen LogP contribution in [0.3, 0.4) is 0 Å². The maximum atomic E-state index is 13.1. The molecule has 2 atom stereocenters. The van der Waals surface area contributed by atoms with E-state index in [0.717, 1.165) is 36.0 Å². The van der Waals surface area contributed by atoms with Crippen molar-refractivity contribution in [3.05, 3.63) is 36.0 Å². The molecule has 23 heavy (non-hydrogen) atoms. The van der Waals surface area contributed by atoms with E-state index >= 15 is 0 Å². The summed E-state index contributed by atoms with van der Waals surface area (Å²) < 4.78 is 0. The van der Waals surface area contributed by atoms with Gasteiger partial charge in [-0.05, 0) is 45.2 Å². The first-order chi connectivity index (χ1) is 11.1. The van der Waals surface area contributed by atoms with E-state index in [-0.39, 0.29) is 5.91 Å². The number of H-pyrrole nitrogens is 1. The Morgan fingerprint density at radius 3 is 2.83 bits per heavy atom. The SMILES string of the molecule is CC(C)N1[C@H]2CC[C@H]1CN(C(=O)c1cccc3cc[nH]c13)CC2. The van der Waals surface area contributed by atoms with Crippen molar-refractivity contribution in [1.82, 2.24) is 14.8 Å². The second kappa shape index (κ2) is 5.68. The Balaban J connectivity index is 1.61. The number of hydrogen-bond acceptors (Lipinski definition) is 2. The molecule has 122 valence electrons. The minimum absolute atomic E-state index is 0.175. The van der Waals surface area contributed by atoms with Gasteiger partial charge in [-0.3, -0.25) is 9.69 Å². The first-order valence-corrected chi connectivity index (χ1v) is 8.78. The number of nitrogens with one attached hydrogen (secondary N) is 1. The fraction of sp³-hybridized carbons (Fsp3) is 0.526. The van der Waals surface area contributed by atoms with Gasteiger partial charge in [0.1, 0.15) is 0 Å². The van der Waals surface area contributed by atoms with Gasteiger partial charge < -0.3 is 9.88 Å². The molecular formula is C19H25N3O. The molecule has 2 saturated heterocycles. The highest BCUT2D eigenvalue weighted by Crippen LogP contribution is 2.32. The summed E-state index contributed by atoms with van der Waals surface area (Å²) in [6.07, 6.45) is 5.52. The number of aromatic amines is 1. The third-order valence-corrected chi connectivity index (χ3v) is 5.54. The van der Waals surface area contributed by atoms with Crippen LogP contribution in [0.25, 0.3) is 10.9 Å². The summed E-state index contributed by atoms with van der Waals surface area (Å²) >= 11 is 0. The van der Waals surface area contributed by atoms with Crippen molar-refractivity contribution in [2.45, 2.75) is 51.2 Å². The largest absolute Gasteiger partial charge is 0.361 e. The van der Waals surface area contributed by atoms with Gasteiger partial charge in [0.15, 0.2) is 0 Å². The Bertz CT molecular complexity index is 720. The topological polar surface area (TPSA) is 39.3 Å². The smallest absolute Gasteiger partial charge is 0.256 e. The van der Waals surface area contributed by atoms with Gasteiger partial charge in [0.05, 0.1) is 11.1 Å². The van der Waals surface area contributed by atoms with Crippen LogP contribution in [0.4, 0.5) is 0 Å². The fourth-order valence-corrected chi connectivity index (χ4v) is 4.57. The van der Waals surface area contributed by atoms with Crippen LogP contribution in [0.1, 0.15) is 43.5 Å². The van der Waals surface area contributed by atoms with Gasteiger partial charge in [0, 0.05) is 42.8 Å². The number of nitrogens with zero attached hydrogens (tertiary/aromatic N) is 2. The number of likely N-dealkylation sites (tertiary alicyclic amines) is 1. The molecule has 0 spiro atoms. The molecule has 0 unspecified atom stereocenters. The average Bonchev–Trinajstić information content (AvgIpc) is 3.10. The predicted molar refractivity (Wildman–Crippen MR) is 92.6 cm³/mol. The van der Waals surface area contributed by atoms with Crippen LogP contribution in [0.2, 0.25) is 0 Å². The molecule has 2 aliphatic rings. The second-order valence-corrected chi connectivity index (χ2v) is 7.21. The molecule has 1 aromatic heterocycles. The lowest BCUT2D eigenvalue weighted by Gasteiger charge is -2.32. The number of rotatable bonds is 2. The number of benzene rings is 1. The van der Waals surface area contributed by atoms with E-state index in [0.29, 0.717) is 18.1 Å². The van der Waals surface area contributed by atoms with Gasteiger partial charge in [-0.15, -0.1) is 0 Å². The van der Waals surface area contributed by atoms with Crippen LogP contribution >= 0.6 is 0 Å². The number of para-hydroxylation sites is 1. The lowest BCUT2D eigenvalue weighted by molar-refractivity contribution is 0.0730. The van der Waals surface area contributed by atoms with E-state index in [4.69, 9.17) is 0 Å². The minimum Gasteiger partial charge on any atom is -0.361 e. The first kappa shape index (κ1) is 14.8. The van der Waals surface area contributed by atoms with E-state index in [1.165, 1.54) is 12.8 Å². The number of aromatic nitrogens is 1. The zero-order valence-corrected chi connectivity index (χ0v) is 14.0. The van der Waals surface area contributed by atoms with Crippen molar-refractivity contribution in [3.63, 3.8) is 0 Å². The third-order valence-electron chi connectivity index (χ3n) is 5.54. The number of hydrogen-bond donors (Lipinski definition) is 1. The lowest BCUT2D eigenvalue weighted by atomic mass is 10.1. The summed E-state index contributed by atoms with van der Waals surface area (Å²) in [6.45, 7) is 6.30. The van der Waals surface area contributed by atoms with E-state index in [1.54, 1.807) is 0 Å². The molecule has 0 aliphatic carbocycles. The minimum atomic E-state index is 0.175. The quantitative estimate of drug-likeness (QED) is 0.924. The molecular weight excluding hydrogens is 286 g/mol. The number of fused-ring (bicyclic) bond motifs is 3. The zero-order valence-electron chi connectivity index (χ0n) is 14.0. The maximum Gasteiger partial charge on any atom is 0.256 e. The Morgan fingerprint density at radius 2 is 2.00 bits per heavy atom. The number of carbonyl (C=O) groups is 1. The van der Waals surface area contributed by atoms with Crippen LogP contribution in [0.5, 0.6) is 0 Å². The molecule has 2 aromatic rings. The van der Waals surface area contributed by atoms with E-state index in [9.17, 15) is 4.79 Å². The van der Waals surface area contributed by atoms with Gasteiger partial charge in [0.25, 0.3) is 5.91 Å². The van der Waals surface area contributed by atoms with Gasteiger partial charge in [-0.1, -0.05) is 12.1 Å². The Hall–Kier alpha value is -1.81. The molecule has 0 radical (unpaired) electrons. The Kier molecular flexibility index (Phi) is 3.64. The Morgan fingerprint density at radius 1 is 1.17 bits per heavy atom. The average molecular weight is 311 g/mol. The molecule has 1 aromatic carbocycles. The first-order valence-electron chi connectivity index (χ1n) is 8.78. The van der Waals surface area contributed by atoms with Gasteiger partial charge in [-0.25, -0.2) is 0 Å². The van der Waals surface area contributed by atoms with Crippen LogP contribution in [-0.4, -0.2) is 51.9 Å². The maximum absolute atomic E-state index is 13.1. The monoisotopic (exact) mass is 311 g/mol. The number of carbonyl (C=O) groups excluding carboxylic acids is 1. The van der Waals surface area contributed by atoms with Crippen molar-refractivity contribution in [3.8, 4) is 0 Å². The zero-order chi connectivity index (χ0) is 16.0. The fourth-order valence-electron chi connectivity index (χ4n) is 4.57. The van der Waals surface area contributed by atoms with Crippen molar-refractivity contribution >= 4 is 16.8 Å². The predicted octanol–water partition coefficient (Wildman–Crippen LogP) is 3.26. The summed E-state index contributed by atoms with van der Waals surface area (Å²) in [5, 5.41) is 1.11. The van der Waals surface area contributed by atoms with E-state index in [2.05, 4.69) is 28.6 Å². The molecule has 3 heterocycles. The van der Waals surface area contributed by atoms with Crippen LogP contribution in [0.15, 0.2) is 30.5 Å². The van der Waals surface area contributed by atoms with Crippen molar-refractivity contribution in [2.24, 2.45) is 0 Å². The van der Waals surface area contributed by atoms with Crippen molar-refractivity contribution in [1.29, 1.82) is 0 Å². The molecule has 0 saturated carbocycles. The normalized spacial score (nSPS) is 25.3. The van der Waals surface area contributed by atoms with Gasteiger partial charge in [0.2, 0.25) is 0 Å². The van der Waals surface area contributed by atoms with Crippen molar-refractivity contribution < 1.29 is 4.79 Å². The molecule has 4 nitrogen and oxygen atoms in total. The molecule has 2 fully saturated rings. The second-order valence-electron chi connectivity index (χ2n) is 7.21. The molecule has 1 amide bonds. The molecule has 2 aliphatic heterocycles. The summed E-state index contributed by atoms with van der Waals surface area (Å²) in [5.41, 5.74) is 1.77. The summed E-state index contributed by atoms with van der Waals surface area (Å²) in [4.78, 5) is 21.1. The molecule has 2 bridgehead atoms. The number of amides is 1. The van der Waals surface area contributed by atoms with E-state index in [1.807, 2.05) is 30.5 Å². The lowest BCUT2D eigenvalue weighted by Crippen LogP contribution is -2.44. The van der Waals surface area contributed by atoms with Gasteiger partial charge >= 0.3 is 0 Å². The molecule has 4 rings (SSSR count). The summed E-state index contributed by atoms with van der Waals surface area (Å²) in [5.74, 6) is 0.175. The summed E-state index contributed by atoms with van der Waals surface area (Å²) in [6, 6.07) is 9.74. The third kappa shape index (κ3) is 2.45. The Labute approximate surface area is 137 Å². The van der Waals surface area contributed by atoms with Crippen LogP contribution < -0.4 is 0 Å². The molecule has 1 N–H and O–H groups in total. The van der Waals surface area contributed by atoms with E-state index < -0.39 is 0 Å². The standard InChI is InChI=1S/C19H25N3O/c1-13(2)22-15-6-7-16(22)12-21(11-9-15)19(23)17-5-3-4-14-8-10-20-18(14)17/h3-5,8,10,13,15-16,20H,6-7,9,11-12H2,1-2H3/t15-,16-/m0/s1. The summed E-state index contributed by atoms with van der Waals surface area (Å²) in [7, 11) is 0. The van der Waals surface area contributed by atoms with Crippen LogP contribution in [-0.2, 0) is 0 Å². The van der Waals surface area contributed by atoms with Crippen molar-refractivity contribution in [2.75, 3.05) is 13.1 Å². The highest BCUT2D eigenvalue weighted by atomic mass is 16.2.